The van der Waals surface area contributed by atoms with Gasteiger partial charge in [0.2, 0.25) is 0 Å². The molecule has 21 heavy (non-hydrogen) atoms. The minimum absolute atomic E-state index is 0.0540. The summed E-state index contributed by atoms with van der Waals surface area (Å²) in [6.07, 6.45) is 3.34. The molecule has 0 radical (unpaired) electrons. The molecule has 1 unspecified atom stereocenters. The second kappa shape index (κ2) is 5.94. The minimum Gasteiger partial charge on any atom is -0.396 e. The molecule has 1 aliphatic heterocycles. The number of hydrogen-bond donors (Lipinski definition) is 2. The van der Waals surface area contributed by atoms with Crippen molar-refractivity contribution in [2.75, 3.05) is 37.4 Å². The van der Waals surface area contributed by atoms with E-state index in [-0.39, 0.29) is 16.4 Å². The number of Topliss-reactive ketones (excluding diaryl/α,β-unsaturated/α-hetero) is 1. The summed E-state index contributed by atoms with van der Waals surface area (Å²) in [6, 6.07) is 0.376. The van der Waals surface area contributed by atoms with Crippen molar-refractivity contribution in [3.63, 3.8) is 0 Å². The number of anilines is 2. The van der Waals surface area contributed by atoms with Gasteiger partial charge in [-0.1, -0.05) is 0 Å². The standard InChI is InChI=1S/C13H21N3O3S2/c1-8(17)11-10(14)12(21(3,18)19)13(20-11)15-7-9-5-4-6-16(9)2/h9,15H,4-7,14H2,1-3H3. The van der Waals surface area contributed by atoms with Crippen LogP contribution < -0.4 is 11.1 Å². The third kappa shape index (κ3) is 3.38. The van der Waals surface area contributed by atoms with E-state index < -0.39 is 9.84 Å². The Morgan fingerprint density at radius 3 is 2.67 bits per heavy atom. The molecule has 0 amide bonds. The number of carbonyl (C=O) groups is 1. The van der Waals surface area contributed by atoms with Gasteiger partial charge in [0.15, 0.2) is 15.6 Å². The Labute approximate surface area is 129 Å². The van der Waals surface area contributed by atoms with Crippen LogP contribution in [0.15, 0.2) is 4.90 Å². The van der Waals surface area contributed by atoms with E-state index in [9.17, 15) is 13.2 Å². The van der Waals surface area contributed by atoms with Gasteiger partial charge in [0, 0.05) is 25.8 Å². The molecule has 1 aliphatic rings. The molecule has 0 spiro atoms. The normalized spacial score (nSPS) is 19.9. The molecule has 1 fully saturated rings. The van der Waals surface area contributed by atoms with Gasteiger partial charge >= 0.3 is 0 Å². The van der Waals surface area contributed by atoms with Crippen molar-refractivity contribution in [1.29, 1.82) is 0 Å². The highest BCUT2D eigenvalue weighted by Crippen LogP contribution is 2.39. The number of nitrogens with zero attached hydrogens (tertiary/aromatic N) is 1. The maximum atomic E-state index is 11.9. The number of nitrogens with two attached hydrogens (primary N) is 1. The number of likely N-dealkylation sites (tertiary alicyclic amines) is 1. The van der Waals surface area contributed by atoms with Crippen LogP contribution in [0.3, 0.4) is 0 Å². The van der Waals surface area contributed by atoms with Gasteiger partial charge in [-0.15, -0.1) is 11.3 Å². The summed E-state index contributed by atoms with van der Waals surface area (Å²) >= 11 is 1.12. The largest absolute Gasteiger partial charge is 0.396 e. The molecule has 0 bridgehead atoms. The summed E-state index contributed by atoms with van der Waals surface area (Å²) in [4.78, 5) is 14.2. The van der Waals surface area contributed by atoms with Crippen molar-refractivity contribution in [3.8, 4) is 0 Å². The molecular formula is C13H21N3O3S2. The third-order valence-electron chi connectivity index (χ3n) is 3.76. The zero-order valence-corrected chi connectivity index (χ0v) is 14.1. The molecule has 1 saturated heterocycles. The van der Waals surface area contributed by atoms with E-state index >= 15 is 0 Å². The van der Waals surface area contributed by atoms with Gasteiger partial charge < -0.3 is 16.0 Å². The van der Waals surface area contributed by atoms with E-state index in [1.165, 1.54) is 6.92 Å². The highest BCUT2D eigenvalue weighted by molar-refractivity contribution is 7.91. The molecule has 0 saturated carbocycles. The Balaban J connectivity index is 2.29. The lowest BCUT2D eigenvalue weighted by molar-refractivity contribution is 0.102. The van der Waals surface area contributed by atoms with Crippen molar-refractivity contribution in [2.24, 2.45) is 0 Å². The van der Waals surface area contributed by atoms with Crippen molar-refractivity contribution in [2.45, 2.75) is 30.7 Å². The van der Waals surface area contributed by atoms with Crippen LogP contribution in [-0.2, 0) is 9.84 Å². The number of sulfone groups is 1. The van der Waals surface area contributed by atoms with Crippen molar-refractivity contribution in [1.82, 2.24) is 4.90 Å². The fourth-order valence-corrected chi connectivity index (χ4v) is 5.09. The number of likely N-dealkylation sites (N-methyl/N-ethyl adjacent to an activating group) is 1. The number of thiophene rings is 1. The van der Waals surface area contributed by atoms with Gasteiger partial charge in [0.25, 0.3) is 0 Å². The minimum atomic E-state index is -3.48. The van der Waals surface area contributed by atoms with E-state index in [0.717, 1.165) is 37.0 Å². The molecule has 0 aliphatic carbocycles. The zero-order chi connectivity index (χ0) is 15.8. The molecule has 0 aromatic carbocycles. The average molecular weight is 331 g/mol. The van der Waals surface area contributed by atoms with E-state index in [2.05, 4.69) is 17.3 Å². The Kier molecular flexibility index (Phi) is 4.60. The monoisotopic (exact) mass is 331 g/mol. The molecule has 1 atom stereocenters. The van der Waals surface area contributed by atoms with E-state index in [0.29, 0.717) is 22.5 Å². The summed E-state index contributed by atoms with van der Waals surface area (Å²) in [5.74, 6) is -0.214. The van der Waals surface area contributed by atoms with Crippen LogP contribution in [0.1, 0.15) is 29.4 Å². The SMILES string of the molecule is CC(=O)c1sc(NCC2CCCN2C)c(S(C)(=O)=O)c1N. The van der Waals surface area contributed by atoms with E-state index in [4.69, 9.17) is 5.73 Å². The second-order valence-electron chi connectivity index (χ2n) is 5.49. The fourth-order valence-electron chi connectivity index (χ4n) is 2.62. The smallest absolute Gasteiger partial charge is 0.180 e. The highest BCUT2D eigenvalue weighted by atomic mass is 32.2. The number of nitrogen functional groups attached to an aromatic ring is 1. The van der Waals surface area contributed by atoms with Crippen molar-refractivity contribution >= 4 is 37.6 Å². The lowest BCUT2D eigenvalue weighted by Gasteiger charge is -2.20. The predicted molar refractivity (Wildman–Crippen MR) is 86.0 cm³/mol. The Hall–Kier alpha value is -1.12. The van der Waals surface area contributed by atoms with Gasteiger partial charge in [-0.05, 0) is 26.4 Å². The quantitative estimate of drug-likeness (QED) is 0.793. The second-order valence-corrected chi connectivity index (χ2v) is 8.46. The molecule has 118 valence electrons. The van der Waals surface area contributed by atoms with Crippen LogP contribution in [0.4, 0.5) is 10.7 Å². The maximum absolute atomic E-state index is 11.9. The number of hydrogen-bond acceptors (Lipinski definition) is 7. The lowest BCUT2D eigenvalue weighted by atomic mass is 10.2. The van der Waals surface area contributed by atoms with Gasteiger partial charge in [0.1, 0.15) is 9.90 Å². The number of rotatable bonds is 5. The highest BCUT2D eigenvalue weighted by Gasteiger charge is 2.27. The number of ketones is 1. The van der Waals surface area contributed by atoms with Crippen LogP contribution in [0.2, 0.25) is 0 Å². The Bertz CT molecular complexity index is 652. The van der Waals surface area contributed by atoms with Crippen LogP contribution >= 0.6 is 11.3 Å². The zero-order valence-electron chi connectivity index (χ0n) is 12.5. The summed E-state index contributed by atoms with van der Waals surface area (Å²) in [5.41, 5.74) is 5.93. The summed E-state index contributed by atoms with van der Waals surface area (Å²) in [7, 11) is -1.42. The van der Waals surface area contributed by atoms with Crippen LogP contribution in [0, 0.1) is 0 Å². The van der Waals surface area contributed by atoms with Crippen molar-refractivity contribution < 1.29 is 13.2 Å². The predicted octanol–water partition coefficient (Wildman–Crippen LogP) is 1.44. The first-order valence-corrected chi connectivity index (χ1v) is 9.50. The van der Waals surface area contributed by atoms with E-state index in [1.807, 2.05) is 0 Å². The Morgan fingerprint density at radius 1 is 1.52 bits per heavy atom. The molecular weight excluding hydrogens is 310 g/mol. The molecule has 2 rings (SSSR count). The molecule has 1 aromatic heterocycles. The van der Waals surface area contributed by atoms with Crippen LogP contribution in [0.5, 0.6) is 0 Å². The van der Waals surface area contributed by atoms with Crippen LogP contribution in [0.25, 0.3) is 0 Å². The maximum Gasteiger partial charge on any atom is 0.180 e. The average Bonchev–Trinajstić information content (AvgIpc) is 2.89. The first-order chi connectivity index (χ1) is 9.71. The van der Waals surface area contributed by atoms with Gasteiger partial charge in [-0.25, -0.2) is 8.42 Å². The van der Waals surface area contributed by atoms with Crippen LogP contribution in [-0.4, -0.2) is 51.5 Å². The first-order valence-electron chi connectivity index (χ1n) is 6.79. The summed E-state index contributed by atoms with van der Waals surface area (Å²) in [5, 5.41) is 3.65. The molecule has 2 heterocycles. The topological polar surface area (TPSA) is 92.5 Å². The number of nitrogens with one attached hydrogen (secondary N) is 1. The van der Waals surface area contributed by atoms with Crippen molar-refractivity contribution in [3.05, 3.63) is 4.88 Å². The van der Waals surface area contributed by atoms with Gasteiger partial charge in [-0.3, -0.25) is 4.79 Å². The molecule has 1 aromatic rings. The summed E-state index contributed by atoms with van der Waals surface area (Å²) in [6.45, 7) is 3.09. The number of carbonyl (C=O) groups excluding carboxylic acids is 1. The van der Waals surface area contributed by atoms with E-state index in [1.54, 1.807) is 0 Å². The van der Waals surface area contributed by atoms with Gasteiger partial charge in [-0.2, -0.15) is 0 Å². The summed E-state index contributed by atoms with van der Waals surface area (Å²) < 4.78 is 23.9. The lowest BCUT2D eigenvalue weighted by Crippen LogP contribution is -2.31. The fraction of sp³-hybridized carbons (Fsp3) is 0.615. The Morgan fingerprint density at radius 2 is 2.19 bits per heavy atom. The first kappa shape index (κ1) is 16.3. The molecule has 3 N–H and O–H groups in total. The molecule has 6 nitrogen and oxygen atoms in total. The molecule has 8 heteroatoms. The van der Waals surface area contributed by atoms with Gasteiger partial charge in [0.05, 0.1) is 10.6 Å². The third-order valence-corrected chi connectivity index (χ3v) is 6.32.